The second-order valence-corrected chi connectivity index (χ2v) is 3.65. The molecule has 0 aromatic rings. The molecule has 0 radical (unpaired) electrons. The first-order chi connectivity index (χ1) is 7.76. The van der Waals surface area contributed by atoms with Crippen molar-refractivity contribution in [2.45, 2.75) is 0 Å². The molecule has 1 saturated heterocycles. The summed E-state index contributed by atoms with van der Waals surface area (Å²) in [5.41, 5.74) is 0. The van der Waals surface area contributed by atoms with Crippen LogP contribution in [0.1, 0.15) is 0 Å². The molecule has 1 aliphatic heterocycles. The van der Waals surface area contributed by atoms with Crippen LogP contribution in [0.4, 0.5) is 0 Å². The Balaban J connectivity index is 2.20. The molecule has 1 amide bonds. The van der Waals surface area contributed by atoms with Crippen LogP contribution in [0, 0.1) is 22.7 Å². The van der Waals surface area contributed by atoms with E-state index in [9.17, 15) is 4.79 Å². The molecule has 0 saturated carbocycles. The zero-order valence-electron chi connectivity index (χ0n) is 9.15. The normalized spacial score (nSPS) is 17.4. The van der Waals surface area contributed by atoms with Crippen molar-refractivity contribution in [3.8, 4) is 12.1 Å². The first kappa shape index (κ1) is 12.4. The van der Waals surface area contributed by atoms with Crippen LogP contribution in [-0.4, -0.2) is 61.5 Å². The predicted octanol–water partition coefficient (Wildman–Crippen LogP) is -1.23. The molecule has 1 fully saturated rings. The smallest absolute Gasteiger partial charge is 0.235 e. The fourth-order valence-electron chi connectivity index (χ4n) is 1.60. The summed E-state index contributed by atoms with van der Waals surface area (Å²) in [5, 5.41) is 19.3. The highest BCUT2D eigenvalue weighted by molar-refractivity contribution is 5.78. The van der Waals surface area contributed by atoms with E-state index in [1.54, 1.807) is 0 Å². The van der Waals surface area contributed by atoms with Crippen molar-refractivity contribution in [3.63, 3.8) is 0 Å². The van der Waals surface area contributed by atoms with Crippen LogP contribution < -0.4 is 5.32 Å². The molecule has 0 aromatic heterocycles. The van der Waals surface area contributed by atoms with Crippen molar-refractivity contribution in [1.82, 2.24) is 15.1 Å². The number of carbonyl (C=O) groups is 1. The van der Waals surface area contributed by atoms with E-state index in [1.807, 2.05) is 11.0 Å². The maximum atomic E-state index is 11.3. The Morgan fingerprint density at radius 1 is 1.12 bits per heavy atom. The van der Waals surface area contributed by atoms with E-state index < -0.39 is 0 Å². The summed E-state index contributed by atoms with van der Waals surface area (Å²) in [4.78, 5) is 15.4. The molecule has 1 rings (SSSR count). The van der Waals surface area contributed by atoms with Gasteiger partial charge in [0.2, 0.25) is 5.91 Å². The maximum absolute atomic E-state index is 11.3. The van der Waals surface area contributed by atoms with E-state index in [2.05, 4.69) is 16.3 Å². The van der Waals surface area contributed by atoms with Gasteiger partial charge in [0, 0.05) is 26.2 Å². The van der Waals surface area contributed by atoms with Crippen molar-refractivity contribution < 1.29 is 4.79 Å². The zero-order chi connectivity index (χ0) is 11.8. The molecule has 6 heteroatoms. The second kappa shape index (κ2) is 6.78. The Morgan fingerprint density at radius 2 is 1.75 bits per heavy atom. The molecule has 1 heterocycles. The zero-order valence-corrected chi connectivity index (χ0v) is 9.15. The van der Waals surface area contributed by atoms with Gasteiger partial charge in [0.05, 0.1) is 25.2 Å². The number of rotatable bonds is 4. The van der Waals surface area contributed by atoms with Gasteiger partial charge in [-0.05, 0) is 0 Å². The second-order valence-electron chi connectivity index (χ2n) is 3.65. The highest BCUT2D eigenvalue weighted by Crippen LogP contribution is 2.00. The molecule has 1 N–H and O–H groups in total. The first-order valence-corrected chi connectivity index (χ1v) is 5.21. The van der Waals surface area contributed by atoms with E-state index in [0.29, 0.717) is 13.1 Å². The van der Waals surface area contributed by atoms with Crippen LogP contribution >= 0.6 is 0 Å². The summed E-state index contributed by atoms with van der Waals surface area (Å²) in [6.07, 6.45) is 0. The molecular formula is C10H15N5O. The number of nitrogens with one attached hydrogen (secondary N) is 1. The van der Waals surface area contributed by atoms with Crippen LogP contribution in [0.3, 0.4) is 0 Å². The van der Waals surface area contributed by atoms with Gasteiger partial charge < -0.3 is 5.32 Å². The summed E-state index contributed by atoms with van der Waals surface area (Å²) in [6, 6.07) is 3.98. The number of nitrogens with zero attached hydrogens (tertiary/aromatic N) is 4. The molecule has 0 aromatic carbocycles. The molecule has 0 bridgehead atoms. The summed E-state index contributed by atoms with van der Waals surface area (Å²) in [6.45, 7) is 4.07. The average molecular weight is 221 g/mol. The Hall–Kier alpha value is -1.63. The van der Waals surface area contributed by atoms with Crippen LogP contribution in [0.5, 0.6) is 0 Å². The third-order valence-electron chi connectivity index (χ3n) is 2.49. The third-order valence-corrected chi connectivity index (χ3v) is 2.49. The Kier molecular flexibility index (Phi) is 5.27. The Morgan fingerprint density at radius 3 is 2.31 bits per heavy atom. The Bertz CT molecular complexity index is 308. The molecule has 6 nitrogen and oxygen atoms in total. The maximum Gasteiger partial charge on any atom is 0.235 e. The van der Waals surface area contributed by atoms with Crippen molar-refractivity contribution >= 4 is 5.91 Å². The minimum Gasteiger partial charge on any atom is -0.342 e. The standard InChI is InChI=1S/C10H15N5O/c11-1-3-13-10(16)9-15-7-5-14(4-2-12)6-8-15/h3-9H2,(H,13,16). The summed E-state index contributed by atoms with van der Waals surface area (Å²) >= 11 is 0. The monoisotopic (exact) mass is 221 g/mol. The van der Waals surface area contributed by atoms with Crippen molar-refractivity contribution in [3.05, 3.63) is 0 Å². The molecule has 0 aliphatic carbocycles. The highest BCUT2D eigenvalue weighted by atomic mass is 16.2. The topological polar surface area (TPSA) is 83.2 Å². The van der Waals surface area contributed by atoms with Gasteiger partial charge in [-0.1, -0.05) is 0 Å². The van der Waals surface area contributed by atoms with E-state index in [0.717, 1.165) is 26.2 Å². The molecule has 0 spiro atoms. The van der Waals surface area contributed by atoms with Crippen LogP contribution in [0.15, 0.2) is 0 Å². The van der Waals surface area contributed by atoms with Gasteiger partial charge in [0.25, 0.3) is 0 Å². The SMILES string of the molecule is N#CCNC(=O)CN1CCN(CC#N)CC1. The van der Waals surface area contributed by atoms with Crippen LogP contribution in [0.2, 0.25) is 0 Å². The van der Waals surface area contributed by atoms with Gasteiger partial charge in [0.1, 0.15) is 6.54 Å². The average Bonchev–Trinajstić information content (AvgIpc) is 2.29. The highest BCUT2D eigenvalue weighted by Gasteiger charge is 2.18. The Labute approximate surface area is 95.0 Å². The fraction of sp³-hybridized carbons (Fsp3) is 0.700. The van der Waals surface area contributed by atoms with Crippen molar-refractivity contribution in [2.75, 3.05) is 45.8 Å². The molecular weight excluding hydrogens is 206 g/mol. The first-order valence-electron chi connectivity index (χ1n) is 5.21. The number of hydrogen-bond donors (Lipinski definition) is 1. The largest absolute Gasteiger partial charge is 0.342 e. The van der Waals surface area contributed by atoms with E-state index in [4.69, 9.17) is 10.5 Å². The van der Waals surface area contributed by atoms with Crippen molar-refractivity contribution in [1.29, 1.82) is 10.5 Å². The lowest BCUT2D eigenvalue weighted by molar-refractivity contribution is -0.122. The lowest BCUT2D eigenvalue weighted by Crippen LogP contribution is -2.49. The lowest BCUT2D eigenvalue weighted by Gasteiger charge is -2.32. The third kappa shape index (κ3) is 4.26. The van der Waals surface area contributed by atoms with Crippen molar-refractivity contribution in [2.24, 2.45) is 0 Å². The summed E-state index contributed by atoms with van der Waals surface area (Å²) in [5.74, 6) is -0.115. The van der Waals surface area contributed by atoms with E-state index >= 15 is 0 Å². The van der Waals surface area contributed by atoms with Gasteiger partial charge in [0.15, 0.2) is 0 Å². The molecule has 0 atom stereocenters. The minimum absolute atomic E-state index is 0.0627. The number of hydrogen-bond acceptors (Lipinski definition) is 5. The molecule has 86 valence electrons. The summed E-state index contributed by atoms with van der Waals surface area (Å²) in [7, 11) is 0. The number of piperazine rings is 1. The van der Waals surface area contributed by atoms with E-state index in [-0.39, 0.29) is 12.5 Å². The molecule has 1 aliphatic rings. The fourth-order valence-corrected chi connectivity index (χ4v) is 1.60. The quantitative estimate of drug-likeness (QED) is 0.601. The number of amides is 1. The van der Waals surface area contributed by atoms with Gasteiger partial charge in [-0.3, -0.25) is 14.6 Å². The van der Waals surface area contributed by atoms with Crippen LogP contribution in [0.25, 0.3) is 0 Å². The van der Waals surface area contributed by atoms with Gasteiger partial charge >= 0.3 is 0 Å². The lowest BCUT2D eigenvalue weighted by atomic mass is 10.3. The summed E-state index contributed by atoms with van der Waals surface area (Å²) < 4.78 is 0. The molecule has 16 heavy (non-hydrogen) atoms. The van der Waals surface area contributed by atoms with Crippen LogP contribution in [-0.2, 0) is 4.79 Å². The van der Waals surface area contributed by atoms with Gasteiger partial charge in [-0.2, -0.15) is 10.5 Å². The van der Waals surface area contributed by atoms with Gasteiger partial charge in [-0.25, -0.2) is 0 Å². The number of carbonyl (C=O) groups excluding carboxylic acids is 1. The van der Waals surface area contributed by atoms with E-state index in [1.165, 1.54) is 0 Å². The number of nitriles is 2. The predicted molar refractivity (Wildman–Crippen MR) is 57.1 cm³/mol. The minimum atomic E-state index is -0.115. The molecule has 0 unspecified atom stereocenters. The van der Waals surface area contributed by atoms with Gasteiger partial charge in [-0.15, -0.1) is 0 Å².